The van der Waals surface area contributed by atoms with Crippen molar-refractivity contribution in [1.82, 2.24) is 4.57 Å². The lowest BCUT2D eigenvalue weighted by Crippen LogP contribution is -2.33. The van der Waals surface area contributed by atoms with Crippen molar-refractivity contribution in [2.24, 2.45) is 0 Å². The molecule has 0 aliphatic rings. The first-order chi connectivity index (χ1) is 8.85. The molecule has 0 saturated carbocycles. The Morgan fingerprint density at radius 1 is 1.16 bits per heavy atom. The Bertz CT molecular complexity index is 544. The van der Waals surface area contributed by atoms with Crippen LogP contribution in [0.25, 0.3) is 5.69 Å². The molecule has 0 atom stereocenters. The maximum atomic E-state index is 12.0. The van der Waals surface area contributed by atoms with Crippen LogP contribution in [0.5, 0.6) is 5.75 Å². The number of ether oxygens (including phenoxy) is 1. The first kappa shape index (κ1) is 13.5. The van der Waals surface area contributed by atoms with E-state index in [-0.39, 0.29) is 5.75 Å². The van der Waals surface area contributed by atoms with Crippen molar-refractivity contribution in [2.75, 3.05) is 0 Å². The van der Waals surface area contributed by atoms with Crippen molar-refractivity contribution in [1.29, 1.82) is 0 Å². The van der Waals surface area contributed by atoms with Crippen molar-refractivity contribution in [3.05, 3.63) is 43.0 Å². The summed E-state index contributed by atoms with van der Waals surface area (Å²) in [6, 6.07) is 6.07. The molecule has 0 fully saturated rings. The van der Waals surface area contributed by atoms with Gasteiger partial charge in [0.2, 0.25) is 6.33 Å². The average molecular weight is 271 g/mol. The molecule has 1 aromatic heterocycles. The fraction of sp³-hybridized carbons (Fsp3) is 0.308. The summed E-state index contributed by atoms with van der Waals surface area (Å²) in [5.74, 6) is -0.222. The summed E-state index contributed by atoms with van der Waals surface area (Å²) >= 11 is 0. The topological polar surface area (TPSA) is 18.0 Å². The van der Waals surface area contributed by atoms with Crippen molar-refractivity contribution in [3.63, 3.8) is 0 Å². The zero-order valence-corrected chi connectivity index (χ0v) is 10.6. The quantitative estimate of drug-likeness (QED) is 0.784. The fourth-order valence-corrected chi connectivity index (χ4v) is 1.65. The number of hydrogen-bond donors (Lipinski definition) is 0. The molecule has 102 valence electrons. The lowest BCUT2D eigenvalue weighted by Gasteiger charge is -2.08. The molecule has 2 rings (SSSR count). The number of benzene rings is 1. The Morgan fingerprint density at radius 3 is 2.26 bits per heavy atom. The normalized spacial score (nSPS) is 11.9. The van der Waals surface area contributed by atoms with Gasteiger partial charge in [0.1, 0.15) is 23.8 Å². The van der Waals surface area contributed by atoms with E-state index in [0.717, 1.165) is 5.69 Å². The van der Waals surface area contributed by atoms with Crippen molar-refractivity contribution in [2.45, 2.75) is 26.3 Å². The maximum absolute atomic E-state index is 12.0. The lowest BCUT2D eigenvalue weighted by atomic mass is 10.3. The van der Waals surface area contributed by atoms with E-state index in [1.807, 2.05) is 41.7 Å². The predicted octanol–water partition coefficient (Wildman–Crippen LogP) is 3.24. The van der Waals surface area contributed by atoms with Gasteiger partial charge in [0.15, 0.2) is 0 Å². The highest BCUT2D eigenvalue weighted by atomic mass is 19.4. The molecule has 0 saturated heterocycles. The number of imidazole rings is 1. The van der Waals surface area contributed by atoms with Crippen LogP contribution in [-0.4, -0.2) is 10.9 Å². The van der Waals surface area contributed by atoms with Gasteiger partial charge in [0.25, 0.3) is 0 Å². The van der Waals surface area contributed by atoms with Crippen LogP contribution in [-0.2, 0) is 0 Å². The summed E-state index contributed by atoms with van der Waals surface area (Å²) < 4.78 is 43.7. The molecule has 3 nitrogen and oxygen atoms in total. The maximum Gasteiger partial charge on any atom is 0.573 e. The Labute approximate surface area is 108 Å². The molecule has 0 spiro atoms. The zero-order chi connectivity index (χ0) is 14.0. The SMILES string of the molecule is CC(C)[n+]1ccn(-c2ccc(OC(F)(F)F)cc2)c1. The van der Waals surface area contributed by atoms with E-state index in [9.17, 15) is 13.2 Å². The molecule has 0 unspecified atom stereocenters. The van der Waals surface area contributed by atoms with Crippen LogP contribution in [0.2, 0.25) is 0 Å². The minimum atomic E-state index is -4.66. The first-order valence-electron chi connectivity index (χ1n) is 5.80. The van der Waals surface area contributed by atoms with Gasteiger partial charge in [-0.25, -0.2) is 9.13 Å². The summed E-state index contributed by atoms with van der Waals surface area (Å²) in [6.07, 6.45) is 0.977. The van der Waals surface area contributed by atoms with E-state index in [1.165, 1.54) is 12.1 Å². The first-order valence-corrected chi connectivity index (χ1v) is 5.80. The summed E-state index contributed by atoms with van der Waals surface area (Å²) in [5, 5.41) is 0. The number of aromatic nitrogens is 2. The Morgan fingerprint density at radius 2 is 1.79 bits per heavy atom. The predicted molar refractivity (Wildman–Crippen MR) is 63.0 cm³/mol. The average Bonchev–Trinajstić information content (AvgIpc) is 2.77. The molecular weight excluding hydrogens is 257 g/mol. The summed E-state index contributed by atoms with van der Waals surface area (Å²) in [6.45, 7) is 4.09. The van der Waals surface area contributed by atoms with E-state index >= 15 is 0 Å². The van der Waals surface area contributed by atoms with Crippen molar-refractivity contribution >= 4 is 0 Å². The van der Waals surface area contributed by atoms with Gasteiger partial charge in [0.05, 0.1) is 6.04 Å². The van der Waals surface area contributed by atoms with Gasteiger partial charge in [-0.3, -0.25) is 0 Å². The van der Waals surface area contributed by atoms with Gasteiger partial charge in [-0.1, -0.05) is 0 Å². The van der Waals surface area contributed by atoms with E-state index in [4.69, 9.17) is 0 Å². The fourth-order valence-electron chi connectivity index (χ4n) is 1.65. The number of halogens is 3. The summed E-state index contributed by atoms with van der Waals surface area (Å²) in [5.41, 5.74) is 0.772. The van der Waals surface area contributed by atoms with Crippen LogP contribution < -0.4 is 9.30 Å². The summed E-state index contributed by atoms with van der Waals surface area (Å²) in [4.78, 5) is 0. The highest BCUT2D eigenvalue weighted by molar-refractivity contribution is 5.37. The second-order valence-corrected chi connectivity index (χ2v) is 4.40. The molecule has 6 heteroatoms. The Balaban J connectivity index is 2.17. The van der Waals surface area contributed by atoms with Gasteiger partial charge in [0, 0.05) is 0 Å². The van der Waals surface area contributed by atoms with Crippen LogP contribution in [0.1, 0.15) is 19.9 Å². The van der Waals surface area contributed by atoms with E-state index < -0.39 is 6.36 Å². The summed E-state index contributed by atoms with van der Waals surface area (Å²) in [7, 11) is 0. The van der Waals surface area contributed by atoms with Crippen LogP contribution >= 0.6 is 0 Å². The molecular formula is C13H14F3N2O+. The van der Waals surface area contributed by atoms with Crippen LogP contribution in [0.15, 0.2) is 43.0 Å². The van der Waals surface area contributed by atoms with E-state index in [0.29, 0.717) is 6.04 Å². The monoisotopic (exact) mass is 271 g/mol. The van der Waals surface area contributed by atoms with Crippen molar-refractivity contribution in [3.8, 4) is 11.4 Å². The van der Waals surface area contributed by atoms with Crippen LogP contribution in [0.3, 0.4) is 0 Å². The van der Waals surface area contributed by atoms with Gasteiger partial charge in [-0.2, -0.15) is 0 Å². The molecule has 0 bridgehead atoms. The number of hydrogen-bond acceptors (Lipinski definition) is 1. The minimum Gasteiger partial charge on any atom is -0.406 e. The highest BCUT2D eigenvalue weighted by Gasteiger charge is 2.31. The third kappa shape index (κ3) is 3.49. The standard InChI is InChI=1S/C13H14F3N2O/c1-10(2)17-7-8-18(9-17)11-3-5-12(6-4-11)19-13(14,15)16/h3-10H,1-2H3/q+1. The zero-order valence-electron chi connectivity index (χ0n) is 10.6. The Kier molecular flexibility index (Phi) is 3.50. The number of nitrogens with zero attached hydrogens (tertiary/aromatic N) is 2. The van der Waals surface area contributed by atoms with Gasteiger partial charge in [-0.15, -0.1) is 13.2 Å². The second-order valence-electron chi connectivity index (χ2n) is 4.40. The number of rotatable bonds is 3. The van der Waals surface area contributed by atoms with Gasteiger partial charge in [-0.05, 0) is 38.1 Å². The second kappa shape index (κ2) is 4.95. The van der Waals surface area contributed by atoms with Crippen molar-refractivity contribution < 1.29 is 22.5 Å². The third-order valence-corrected chi connectivity index (χ3v) is 2.62. The molecule has 0 aliphatic carbocycles. The minimum absolute atomic E-state index is 0.222. The number of alkyl halides is 3. The van der Waals surface area contributed by atoms with E-state index in [2.05, 4.69) is 4.74 Å². The molecule has 0 aliphatic heterocycles. The van der Waals surface area contributed by atoms with Gasteiger partial charge >= 0.3 is 6.36 Å². The van der Waals surface area contributed by atoms with Crippen LogP contribution in [0.4, 0.5) is 13.2 Å². The highest BCUT2D eigenvalue weighted by Crippen LogP contribution is 2.23. The molecule has 2 aromatic rings. The molecule has 1 aromatic carbocycles. The molecule has 0 radical (unpaired) electrons. The molecule has 0 N–H and O–H groups in total. The van der Waals surface area contributed by atoms with Crippen LogP contribution in [0, 0.1) is 0 Å². The smallest absolute Gasteiger partial charge is 0.406 e. The van der Waals surface area contributed by atoms with E-state index in [1.54, 1.807) is 12.1 Å². The lowest BCUT2D eigenvalue weighted by molar-refractivity contribution is -0.715. The third-order valence-electron chi connectivity index (χ3n) is 2.62. The Hall–Kier alpha value is -1.98. The van der Waals surface area contributed by atoms with Gasteiger partial charge < -0.3 is 4.74 Å². The molecule has 1 heterocycles. The largest absolute Gasteiger partial charge is 0.573 e. The molecule has 0 amide bonds. The molecule has 19 heavy (non-hydrogen) atoms.